The van der Waals surface area contributed by atoms with Crippen LogP contribution >= 0.6 is 23.2 Å². The molecule has 0 unspecified atom stereocenters. The van der Waals surface area contributed by atoms with Gasteiger partial charge in [0.1, 0.15) is 11.6 Å². The molecule has 0 atom stereocenters. The number of rotatable bonds is 5. The first-order valence-electron chi connectivity index (χ1n) is 5.42. The zero-order valence-corrected chi connectivity index (χ0v) is 11.8. The minimum atomic E-state index is -0.426. The molecule has 0 amide bonds. The maximum atomic E-state index is 8.64. The van der Waals surface area contributed by atoms with Crippen LogP contribution in [0.25, 0.3) is 0 Å². The molecule has 0 aromatic heterocycles. The smallest absolute Gasteiger partial charge is 0.144 e. The summed E-state index contributed by atoms with van der Waals surface area (Å²) in [7, 11) is 0. The largest absolute Gasteiger partial charge is 0.494 e. The molecule has 0 aliphatic heterocycles. The second kappa shape index (κ2) is 6.16. The van der Waals surface area contributed by atoms with Gasteiger partial charge in [-0.15, -0.1) is 0 Å². The van der Waals surface area contributed by atoms with Gasteiger partial charge in [-0.1, -0.05) is 42.2 Å². The van der Waals surface area contributed by atoms with Gasteiger partial charge in [-0.05, 0) is 18.6 Å². The molecule has 4 nitrogen and oxygen atoms in total. The SMILES string of the molecule is CC(C)(CCOc1ccc(Cl)c(Cl)c1)C(N)=NO. The van der Waals surface area contributed by atoms with Crippen LogP contribution in [0.4, 0.5) is 0 Å². The van der Waals surface area contributed by atoms with Gasteiger partial charge in [0.15, 0.2) is 0 Å². The number of nitrogens with two attached hydrogens (primary N) is 1. The number of hydrogen-bond donors (Lipinski definition) is 2. The molecule has 0 bridgehead atoms. The second-order valence-corrected chi connectivity index (χ2v) is 5.36. The van der Waals surface area contributed by atoms with Gasteiger partial charge in [-0.25, -0.2) is 0 Å². The van der Waals surface area contributed by atoms with E-state index in [0.29, 0.717) is 28.8 Å². The van der Waals surface area contributed by atoms with Crippen LogP contribution < -0.4 is 10.5 Å². The quantitative estimate of drug-likeness (QED) is 0.377. The van der Waals surface area contributed by atoms with E-state index in [1.807, 2.05) is 13.8 Å². The third-order valence-corrected chi connectivity index (χ3v) is 3.43. The monoisotopic (exact) mass is 290 g/mol. The number of oxime groups is 1. The molecule has 0 aliphatic carbocycles. The summed E-state index contributed by atoms with van der Waals surface area (Å²) in [6, 6.07) is 5.07. The Hall–Kier alpha value is -1.13. The molecular weight excluding hydrogens is 275 g/mol. The fraction of sp³-hybridized carbons (Fsp3) is 0.417. The second-order valence-electron chi connectivity index (χ2n) is 4.54. The predicted octanol–water partition coefficient (Wildman–Crippen LogP) is 3.53. The van der Waals surface area contributed by atoms with Crippen LogP contribution in [-0.4, -0.2) is 17.6 Å². The normalized spacial score (nSPS) is 12.6. The van der Waals surface area contributed by atoms with E-state index in [4.69, 9.17) is 38.9 Å². The van der Waals surface area contributed by atoms with Crippen LogP contribution in [0.3, 0.4) is 0 Å². The Labute approximate surface area is 116 Å². The van der Waals surface area contributed by atoms with Crippen LogP contribution in [0.5, 0.6) is 5.75 Å². The third kappa shape index (κ3) is 3.96. The van der Waals surface area contributed by atoms with Gasteiger partial charge in [0.25, 0.3) is 0 Å². The first-order valence-corrected chi connectivity index (χ1v) is 6.18. The Morgan fingerprint density at radius 2 is 2.06 bits per heavy atom. The Kier molecular flexibility index (Phi) is 5.11. The fourth-order valence-electron chi connectivity index (χ4n) is 1.25. The molecule has 0 fully saturated rings. The van der Waals surface area contributed by atoms with E-state index in [0.717, 1.165) is 0 Å². The molecule has 0 saturated carbocycles. The molecule has 0 saturated heterocycles. The summed E-state index contributed by atoms with van der Waals surface area (Å²) in [4.78, 5) is 0. The van der Waals surface area contributed by atoms with E-state index in [2.05, 4.69) is 5.16 Å². The summed E-state index contributed by atoms with van der Waals surface area (Å²) >= 11 is 11.7. The van der Waals surface area contributed by atoms with Gasteiger partial charge in [-0.2, -0.15) is 0 Å². The number of ether oxygens (including phenoxy) is 1. The molecule has 1 aromatic carbocycles. The van der Waals surface area contributed by atoms with Crippen molar-refractivity contribution < 1.29 is 9.94 Å². The van der Waals surface area contributed by atoms with E-state index in [-0.39, 0.29) is 5.84 Å². The Morgan fingerprint density at radius 1 is 1.39 bits per heavy atom. The topological polar surface area (TPSA) is 67.8 Å². The molecule has 0 heterocycles. The lowest BCUT2D eigenvalue weighted by molar-refractivity contribution is 0.259. The van der Waals surface area contributed by atoms with Gasteiger partial charge in [0, 0.05) is 11.5 Å². The first kappa shape index (κ1) is 14.9. The highest BCUT2D eigenvalue weighted by atomic mass is 35.5. The Balaban J connectivity index is 2.54. The van der Waals surface area contributed by atoms with Gasteiger partial charge in [0.05, 0.1) is 16.7 Å². The Morgan fingerprint density at radius 3 is 2.61 bits per heavy atom. The molecule has 18 heavy (non-hydrogen) atoms. The third-order valence-electron chi connectivity index (χ3n) is 2.69. The summed E-state index contributed by atoms with van der Waals surface area (Å²) < 4.78 is 5.54. The minimum absolute atomic E-state index is 0.181. The number of benzene rings is 1. The molecule has 6 heteroatoms. The standard InChI is InChI=1S/C12H16Cl2N2O2/c1-12(2,11(15)16-17)5-6-18-8-3-4-9(13)10(14)7-8/h3-4,7,17H,5-6H2,1-2H3,(H2,15,16). The highest BCUT2D eigenvalue weighted by Gasteiger charge is 2.23. The summed E-state index contributed by atoms with van der Waals surface area (Å²) in [5.74, 6) is 0.819. The molecule has 3 N–H and O–H groups in total. The summed E-state index contributed by atoms with van der Waals surface area (Å²) in [5, 5.41) is 12.6. The Bertz CT molecular complexity index is 448. The minimum Gasteiger partial charge on any atom is -0.494 e. The van der Waals surface area contributed by atoms with E-state index in [9.17, 15) is 0 Å². The molecule has 1 rings (SSSR count). The van der Waals surface area contributed by atoms with E-state index in [1.54, 1.807) is 18.2 Å². The van der Waals surface area contributed by atoms with Gasteiger partial charge in [0.2, 0.25) is 0 Å². The zero-order valence-electron chi connectivity index (χ0n) is 10.3. The van der Waals surface area contributed by atoms with Crippen molar-refractivity contribution in [3.05, 3.63) is 28.2 Å². The highest BCUT2D eigenvalue weighted by molar-refractivity contribution is 6.42. The van der Waals surface area contributed by atoms with Crippen molar-refractivity contribution in [2.45, 2.75) is 20.3 Å². The van der Waals surface area contributed by atoms with Gasteiger partial charge in [-0.3, -0.25) is 0 Å². The molecule has 0 radical (unpaired) electrons. The van der Waals surface area contributed by atoms with Crippen LogP contribution in [-0.2, 0) is 0 Å². The van der Waals surface area contributed by atoms with Gasteiger partial charge < -0.3 is 15.7 Å². The number of amidine groups is 1. The van der Waals surface area contributed by atoms with E-state index >= 15 is 0 Å². The average molecular weight is 291 g/mol. The first-order chi connectivity index (χ1) is 8.36. The van der Waals surface area contributed by atoms with Crippen molar-refractivity contribution >= 4 is 29.0 Å². The highest BCUT2D eigenvalue weighted by Crippen LogP contribution is 2.27. The van der Waals surface area contributed by atoms with Crippen molar-refractivity contribution in [1.82, 2.24) is 0 Å². The number of hydrogen-bond acceptors (Lipinski definition) is 3. The number of nitrogens with zero attached hydrogens (tertiary/aromatic N) is 1. The molecular formula is C12H16Cl2N2O2. The molecule has 1 aromatic rings. The van der Waals surface area contributed by atoms with Crippen LogP contribution in [0.15, 0.2) is 23.4 Å². The molecule has 100 valence electrons. The lowest BCUT2D eigenvalue weighted by atomic mass is 9.88. The van der Waals surface area contributed by atoms with Crippen molar-refractivity contribution in [2.75, 3.05) is 6.61 Å². The van der Waals surface area contributed by atoms with Crippen molar-refractivity contribution in [3.8, 4) is 5.75 Å². The maximum absolute atomic E-state index is 8.64. The lowest BCUT2D eigenvalue weighted by Gasteiger charge is -2.22. The summed E-state index contributed by atoms with van der Waals surface area (Å²) in [6.07, 6.45) is 0.614. The van der Waals surface area contributed by atoms with Gasteiger partial charge >= 0.3 is 0 Å². The number of halogens is 2. The fourth-order valence-corrected chi connectivity index (χ4v) is 1.54. The van der Waals surface area contributed by atoms with Crippen LogP contribution in [0.1, 0.15) is 20.3 Å². The van der Waals surface area contributed by atoms with Crippen molar-refractivity contribution in [2.24, 2.45) is 16.3 Å². The van der Waals surface area contributed by atoms with E-state index in [1.165, 1.54) is 0 Å². The van der Waals surface area contributed by atoms with Crippen molar-refractivity contribution in [3.63, 3.8) is 0 Å². The lowest BCUT2D eigenvalue weighted by Crippen LogP contribution is -2.33. The van der Waals surface area contributed by atoms with Crippen LogP contribution in [0, 0.1) is 5.41 Å². The maximum Gasteiger partial charge on any atom is 0.144 e. The predicted molar refractivity (Wildman–Crippen MR) is 73.8 cm³/mol. The zero-order chi connectivity index (χ0) is 13.8. The summed E-state index contributed by atoms with van der Waals surface area (Å²) in [5.41, 5.74) is 5.15. The molecule has 0 aliphatic rings. The van der Waals surface area contributed by atoms with Crippen LogP contribution in [0.2, 0.25) is 10.0 Å². The molecule has 0 spiro atoms. The van der Waals surface area contributed by atoms with Crippen molar-refractivity contribution in [1.29, 1.82) is 0 Å². The average Bonchev–Trinajstić information content (AvgIpc) is 2.32. The summed E-state index contributed by atoms with van der Waals surface area (Å²) in [6.45, 7) is 4.18. The van der Waals surface area contributed by atoms with E-state index < -0.39 is 5.41 Å².